The Morgan fingerprint density at radius 3 is 2.64 bits per heavy atom. The molecule has 0 atom stereocenters. The van der Waals surface area contributed by atoms with Crippen LogP contribution in [0.1, 0.15) is 16.7 Å². The highest BCUT2D eigenvalue weighted by Crippen LogP contribution is 2.17. The summed E-state index contributed by atoms with van der Waals surface area (Å²) in [5, 5.41) is 3.68. The van der Waals surface area contributed by atoms with Crippen molar-refractivity contribution in [3.8, 4) is 5.75 Å². The van der Waals surface area contributed by atoms with Crippen LogP contribution in [-0.4, -0.2) is 17.5 Å². The number of nitrogens with one attached hydrogen (secondary N) is 2. The lowest BCUT2D eigenvalue weighted by Gasteiger charge is -2.09. The average Bonchev–Trinajstić information content (AvgIpc) is 2.60. The van der Waals surface area contributed by atoms with Gasteiger partial charge in [0.1, 0.15) is 5.75 Å². The SMILES string of the molecule is Cc1cc(C)c2[nH]c(=O)c(CNC(=O)COc3ccccc3)cc2c1. The molecule has 128 valence electrons. The molecule has 0 fully saturated rings. The van der Waals surface area contributed by atoms with E-state index in [2.05, 4.69) is 10.3 Å². The zero-order valence-corrected chi connectivity index (χ0v) is 14.3. The normalized spacial score (nSPS) is 10.6. The Morgan fingerprint density at radius 1 is 1.12 bits per heavy atom. The predicted molar refractivity (Wildman–Crippen MR) is 97.8 cm³/mol. The number of ether oxygens (including phenoxy) is 1. The van der Waals surface area contributed by atoms with E-state index in [1.807, 2.05) is 50.2 Å². The number of aromatic nitrogens is 1. The molecule has 0 spiro atoms. The molecular formula is C20H20N2O3. The molecule has 3 rings (SSSR count). The number of H-pyrrole nitrogens is 1. The summed E-state index contributed by atoms with van der Waals surface area (Å²) in [6.45, 7) is 4.05. The van der Waals surface area contributed by atoms with E-state index in [-0.39, 0.29) is 24.6 Å². The summed E-state index contributed by atoms with van der Waals surface area (Å²) in [6, 6.07) is 15.0. The Hall–Kier alpha value is -3.08. The molecule has 0 bridgehead atoms. The van der Waals surface area contributed by atoms with Crippen LogP contribution in [0.3, 0.4) is 0 Å². The Kier molecular flexibility index (Phi) is 4.84. The van der Waals surface area contributed by atoms with E-state index in [1.54, 1.807) is 12.1 Å². The summed E-state index contributed by atoms with van der Waals surface area (Å²) in [5.74, 6) is 0.357. The summed E-state index contributed by atoms with van der Waals surface area (Å²) in [7, 11) is 0. The van der Waals surface area contributed by atoms with Gasteiger partial charge in [-0.2, -0.15) is 0 Å². The maximum atomic E-state index is 12.2. The van der Waals surface area contributed by atoms with Crippen LogP contribution in [0.5, 0.6) is 5.75 Å². The van der Waals surface area contributed by atoms with Crippen LogP contribution < -0.4 is 15.6 Å². The van der Waals surface area contributed by atoms with Crippen molar-refractivity contribution in [2.24, 2.45) is 0 Å². The minimum Gasteiger partial charge on any atom is -0.484 e. The summed E-state index contributed by atoms with van der Waals surface area (Å²) >= 11 is 0. The molecule has 0 unspecified atom stereocenters. The van der Waals surface area contributed by atoms with Gasteiger partial charge >= 0.3 is 0 Å². The molecular weight excluding hydrogens is 316 g/mol. The largest absolute Gasteiger partial charge is 0.484 e. The predicted octanol–water partition coefficient (Wildman–Crippen LogP) is 2.84. The number of hydrogen-bond acceptors (Lipinski definition) is 3. The zero-order chi connectivity index (χ0) is 17.8. The lowest BCUT2D eigenvalue weighted by molar-refractivity contribution is -0.123. The number of carbonyl (C=O) groups excluding carboxylic acids is 1. The number of rotatable bonds is 5. The van der Waals surface area contributed by atoms with Gasteiger partial charge in [-0.25, -0.2) is 0 Å². The molecule has 2 N–H and O–H groups in total. The summed E-state index contributed by atoms with van der Waals surface area (Å²) in [4.78, 5) is 27.0. The first-order valence-corrected chi connectivity index (χ1v) is 8.10. The lowest BCUT2D eigenvalue weighted by Crippen LogP contribution is -2.30. The maximum absolute atomic E-state index is 12.2. The molecule has 0 saturated heterocycles. The number of para-hydroxylation sites is 1. The second-order valence-electron chi connectivity index (χ2n) is 6.05. The van der Waals surface area contributed by atoms with Gasteiger partial charge in [-0.05, 0) is 49.1 Å². The highest BCUT2D eigenvalue weighted by atomic mass is 16.5. The number of amides is 1. The van der Waals surface area contributed by atoms with Crippen LogP contribution in [0, 0.1) is 13.8 Å². The monoisotopic (exact) mass is 336 g/mol. The van der Waals surface area contributed by atoms with Crippen molar-refractivity contribution in [1.82, 2.24) is 10.3 Å². The fourth-order valence-electron chi connectivity index (χ4n) is 2.77. The van der Waals surface area contributed by atoms with Crippen LogP contribution >= 0.6 is 0 Å². The minimum absolute atomic E-state index is 0.0896. The van der Waals surface area contributed by atoms with Crippen LogP contribution in [0.25, 0.3) is 10.9 Å². The fourth-order valence-corrected chi connectivity index (χ4v) is 2.77. The van der Waals surface area contributed by atoms with Crippen LogP contribution in [-0.2, 0) is 11.3 Å². The third-order valence-corrected chi connectivity index (χ3v) is 3.96. The smallest absolute Gasteiger partial charge is 0.258 e. The van der Waals surface area contributed by atoms with Crippen molar-refractivity contribution >= 4 is 16.8 Å². The van der Waals surface area contributed by atoms with E-state index < -0.39 is 0 Å². The van der Waals surface area contributed by atoms with Gasteiger partial charge in [0, 0.05) is 12.1 Å². The molecule has 0 aliphatic carbocycles. The number of aromatic amines is 1. The Morgan fingerprint density at radius 2 is 1.88 bits per heavy atom. The van der Waals surface area contributed by atoms with E-state index in [4.69, 9.17) is 4.74 Å². The summed E-state index contributed by atoms with van der Waals surface area (Å²) in [5.41, 5.74) is 3.31. The highest BCUT2D eigenvalue weighted by molar-refractivity contribution is 5.83. The molecule has 0 radical (unpaired) electrons. The van der Waals surface area contributed by atoms with Gasteiger partial charge in [0.05, 0.1) is 5.52 Å². The van der Waals surface area contributed by atoms with Crippen molar-refractivity contribution in [3.63, 3.8) is 0 Å². The summed E-state index contributed by atoms with van der Waals surface area (Å²) < 4.78 is 5.39. The third kappa shape index (κ3) is 4.07. The van der Waals surface area contributed by atoms with Gasteiger partial charge in [-0.1, -0.05) is 29.8 Å². The van der Waals surface area contributed by atoms with Gasteiger partial charge in [0.15, 0.2) is 6.61 Å². The van der Waals surface area contributed by atoms with E-state index in [0.29, 0.717) is 11.3 Å². The van der Waals surface area contributed by atoms with Crippen molar-refractivity contribution in [2.45, 2.75) is 20.4 Å². The molecule has 1 aromatic heterocycles. The topological polar surface area (TPSA) is 71.2 Å². The van der Waals surface area contributed by atoms with Crippen molar-refractivity contribution in [3.05, 3.63) is 75.6 Å². The number of aryl methyl sites for hydroxylation is 2. The first-order chi connectivity index (χ1) is 12.0. The number of pyridine rings is 1. The van der Waals surface area contributed by atoms with Crippen LogP contribution in [0.4, 0.5) is 0 Å². The summed E-state index contributed by atoms with van der Waals surface area (Å²) in [6.07, 6.45) is 0. The van der Waals surface area contributed by atoms with E-state index in [0.717, 1.165) is 22.0 Å². The molecule has 0 aliphatic heterocycles. The van der Waals surface area contributed by atoms with Gasteiger partial charge in [0.2, 0.25) is 0 Å². The number of fused-ring (bicyclic) bond motifs is 1. The van der Waals surface area contributed by atoms with E-state index >= 15 is 0 Å². The second kappa shape index (κ2) is 7.21. The molecule has 0 aliphatic rings. The molecule has 0 saturated carbocycles. The molecule has 25 heavy (non-hydrogen) atoms. The quantitative estimate of drug-likeness (QED) is 0.752. The van der Waals surface area contributed by atoms with Crippen molar-refractivity contribution < 1.29 is 9.53 Å². The molecule has 5 heteroatoms. The van der Waals surface area contributed by atoms with E-state index in [1.165, 1.54) is 0 Å². The molecule has 1 heterocycles. The van der Waals surface area contributed by atoms with Gasteiger partial charge in [-0.3, -0.25) is 9.59 Å². The lowest BCUT2D eigenvalue weighted by atomic mass is 10.1. The number of carbonyl (C=O) groups is 1. The average molecular weight is 336 g/mol. The number of benzene rings is 2. The first kappa shape index (κ1) is 16.8. The molecule has 2 aromatic carbocycles. The van der Waals surface area contributed by atoms with Crippen molar-refractivity contribution in [1.29, 1.82) is 0 Å². The molecule has 1 amide bonds. The third-order valence-electron chi connectivity index (χ3n) is 3.96. The Labute approximate surface area is 145 Å². The maximum Gasteiger partial charge on any atom is 0.258 e. The van der Waals surface area contributed by atoms with Gasteiger partial charge < -0.3 is 15.0 Å². The van der Waals surface area contributed by atoms with E-state index in [9.17, 15) is 9.59 Å². The number of hydrogen-bond donors (Lipinski definition) is 2. The Balaban J connectivity index is 1.67. The van der Waals surface area contributed by atoms with Gasteiger partial charge in [0.25, 0.3) is 11.5 Å². The van der Waals surface area contributed by atoms with Gasteiger partial charge in [-0.15, -0.1) is 0 Å². The zero-order valence-electron chi connectivity index (χ0n) is 14.3. The fraction of sp³-hybridized carbons (Fsp3) is 0.200. The molecule has 3 aromatic rings. The van der Waals surface area contributed by atoms with Crippen LogP contribution in [0.2, 0.25) is 0 Å². The highest BCUT2D eigenvalue weighted by Gasteiger charge is 2.08. The minimum atomic E-state index is -0.274. The van der Waals surface area contributed by atoms with Crippen LogP contribution in [0.15, 0.2) is 53.3 Å². The standard InChI is InChI=1S/C20H20N2O3/c1-13-8-14(2)19-15(9-13)10-16(20(24)22-19)11-21-18(23)12-25-17-6-4-3-5-7-17/h3-10H,11-12H2,1-2H3,(H,21,23)(H,22,24). The second-order valence-corrected chi connectivity index (χ2v) is 6.05. The first-order valence-electron chi connectivity index (χ1n) is 8.10. The van der Waals surface area contributed by atoms with Crippen molar-refractivity contribution in [2.75, 3.05) is 6.61 Å². The Bertz CT molecular complexity index is 962. The molecule has 5 nitrogen and oxygen atoms in total.